The second-order valence-corrected chi connectivity index (χ2v) is 6.50. The number of hydrogen-bond donors (Lipinski definition) is 0. The van der Waals surface area contributed by atoms with E-state index < -0.39 is 0 Å². The predicted octanol–water partition coefficient (Wildman–Crippen LogP) is 5.49. The molecule has 2 unspecified atom stereocenters. The third kappa shape index (κ3) is 6.80. The summed E-state index contributed by atoms with van der Waals surface area (Å²) in [5, 5.41) is 0. The average molecular weight is 294 g/mol. The van der Waals surface area contributed by atoms with Crippen LogP contribution < -0.4 is 0 Å². The Balaban J connectivity index is 2.39. The summed E-state index contributed by atoms with van der Waals surface area (Å²) < 4.78 is 10.5. The molecule has 0 fully saturated rings. The van der Waals surface area contributed by atoms with Crippen molar-refractivity contribution in [3.63, 3.8) is 0 Å². The summed E-state index contributed by atoms with van der Waals surface area (Å²) in [6.07, 6.45) is 13.1. The van der Waals surface area contributed by atoms with Crippen molar-refractivity contribution < 1.29 is 9.47 Å². The van der Waals surface area contributed by atoms with Crippen LogP contribution in [0.25, 0.3) is 0 Å². The van der Waals surface area contributed by atoms with Crippen LogP contribution in [0.5, 0.6) is 0 Å². The Bertz CT molecular complexity index is 339. The molecule has 0 radical (unpaired) electrons. The van der Waals surface area contributed by atoms with Crippen molar-refractivity contribution in [2.45, 2.75) is 72.0 Å². The standard InChI is InChI=1S/C19H34O2/c1-6-15(2)7-8-16(3)18-12-9-17(10-13-18)11-14-19(20-4)21-5/h9,12,15-16,19H,6-8,10-11,13-14H2,1-5H3. The lowest BCUT2D eigenvalue weighted by Crippen LogP contribution is -2.13. The van der Waals surface area contributed by atoms with Gasteiger partial charge in [0.2, 0.25) is 0 Å². The molecular weight excluding hydrogens is 260 g/mol. The highest BCUT2D eigenvalue weighted by atomic mass is 16.7. The van der Waals surface area contributed by atoms with Gasteiger partial charge in [-0.1, -0.05) is 56.9 Å². The summed E-state index contributed by atoms with van der Waals surface area (Å²) in [5.41, 5.74) is 3.17. The number of methoxy groups -OCH3 is 2. The van der Waals surface area contributed by atoms with E-state index in [1.165, 1.54) is 37.7 Å². The minimum absolute atomic E-state index is 0.0641. The Hall–Kier alpha value is -0.600. The topological polar surface area (TPSA) is 18.5 Å². The summed E-state index contributed by atoms with van der Waals surface area (Å²) in [7, 11) is 3.42. The molecule has 2 nitrogen and oxygen atoms in total. The van der Waals surface area contributed by atoms with E-state index in [1.807, 2.05) is 0 Å². The predicted molar refractivity (Wildman–Crippen MR) is 90.3 cm³/mol. The van der Waals surface area contributed by atoms with Crippen LogP contribution in [-0.2, 0) is 9.47 Å². The Labute approximate surface area is 131 Å². The zero-order valence-electron chi connectivity index (χ0n) is 14.7. The van der Waals surface area contributed by atoms with Gasteiger partial charge in [-0.25, -0.2) is 0 Å². The molecule has 0 spiro atoms. The van der Waals surface area contributed by atoms with Crippen molar-refractivity contribution in [2.24, 2.45) is 11.8 Å². The molecule has 0 saturated heterocycles. The van der Waals surface area contributed by atoms with Crippen molar-refractivity contribution in [2.75, 3.05) is 14.2 Å². The molecule has 0 heterocycles. The molecule has 0 saturated carbocycles. The van der Waals surface area contributed by atoms with E-state index in [4.69, 9.17) is 9.47 Å². The molecule has 1 aliphatic carbocycles. The molecule has 21 heavy (non-hydrogen) atoms. The summed E-state index contributed by atoms with van der Waals surface area (Å²) in [6.45, 7) is 7.04. The Kier molecular flexibility index (Phi) is 8.94. The fraction of sp³-hybridized carbons (Fsp3) is 0.789. The van der Waals surface area contributed by atoms with Crippen molar-refractivity contribution >= 4 is 0 Å². The summed E-state index contributed by atoms with van der Waals surface area (Å²) in [4.78, 5) is 0. The third-order valence-corrected chi connectivity index (χ3v) is 4.92. The van der Waals surface area contributed by atoms with Crippen LogP contribution >= 0.6 is 0 Å². The second kappa shape index (κ2) is 10.2. The molecular formula is C19H34O2. The van der Waals surface area contributed by atoms with Gasteiger partial charge in [-0.15, -0.1) is 0 Å². The third-order valence-electron chi connectivity index (χ3n) is 4.92. The molecule has 2 heteroatoms. The van der Waals surface area contributed by atoms with Crippen LogP contribution in [0, 0.1) is 11.8 Å². The highest BCUT2D eigenvalue weighted by molar-refractivity contribution is 5.25. The van der Waals surface area contributed by atoms with Gasteiger partial charge in [0.25, 0.3) is 0 Å². The largest absolute Gasteiger partial charge is 0.356 e. The molecule has 0 amide bonds. The fourth-order valence-corrected chi connectivity index (χ4v) is 2.87. The van der Waals surface area contributed by atoms with Crippen LogP contribution in [0.3, 0.4) is 0 Å². The minimum Gasteiger partial charge on any atom is -0.356 e. The van der Waals surface area contributed by atoms with E-state index in [0.717, 1.165) is 24.7 Å². The van der Waals surface area contributed by atoms with E-state index in [-0.39, 0.29) is 6.29 Å². The summed E-state index contributed by atoms with van der Waals surface area (Å²) in [5.74, 6) is 1.60. The molecule has 0 aliphatic heterocycles. The molecule has 122 valence electrons. The van der Waals surface area contributed by atoms with Crippen molar-refractivity contribution in [3.8, 4) is 0 Å². The Morgan fingerprint density at radius 2 is 1.71 bits per heavy atom. The van der Waals surface area contributed by atoms with E-state index in [9.17, 15) is 0 Å². The van der Waals surface area contributed by atoms with Gasteiger partial charge in [0.1, 0.15) is 0 Å². The molecule has 0 bridgehead atoms. The molecule has 1 rings (SSSR count). The molecule has 0 aromatic carbocycles. The number of hydrogen-bond acceptors (Lipinski definition) is 2. The monoisotopic (exact) mass is 294 g/mol. The molecule has 0 aromatic heterocycles. The zero-order valence-corrected chi connectivity index (χ0v) is 14.7. The van der Waals surface area contributed by atoms with E-state index >= 15 is 0 Å². The minimum atomic E-state index is -0.0641. The van der Waals surface area contributed by atoms with E-state index in [1.54, 1.807) is 19.8 Å². The maximum Gasteiger partial charge on any atom is 0.157 e. The van der Waals surface area contributed by atoms with E-state index in [0.29, 0.717) is 0 Å². The van der Waals surface area contributed by atoms with Crippen LogP contribution in [0.1, 0.15) is 65.7 Å². The van der Waals surface area contributed by atoms with Crippen molar-refractivity contribution in [3.05, 3.63) is 23.3 Å². The highest BCUT2D eigenvalue weighted by Crippen LogP contribution is 2.30. The van der Waals surface area contributed by atoms with Crippen molar-refractivity contribution in [1.29, 1.82) is 0 Å². The first-order valence-corrected chi connectivity index (χ1v) is 8.54. The van der Waals surface area contributed by atoms with Gasteiger partial charge in [-0.05, 0) is 37.5 Å². The first-order chi connectivity index (χ1) is 10.1. The van der Waals surface area contributed by atoms with Gasteiger partial charge in [0.05, 0.1) is 0 Å². The molecule has 2 atom stereocenters. The fourth-order valence-electron chi connectivity index (χ4n) is 2.87. The lowest BCUT2D eigenvalue weighted by atomic mass is 9.85. The van der Waals surface area contributed by atoms with Crippen LogP contribution in [-0.4, -0.2) is 20.5 Å². The number of ether oxygens (including phenoxy) is 2. The average Bonchev–Trinajstić information content (AvgIpc) is 2.53. The first kappa shape index (κ1) is 18.4. The van der Waals surface area contributed by atoms with Crippen LogP contribution in [0.2, 0.25) is 0 Å². The van der Waals surface area contributed by atoms with Gasteiger partial charge in [0, 0.05) is 20.6 Å². The smallest absolute Gasteiger partial charge is 0.157 e. The lowest BCUT2D eigenvalue weighted by Gasteiger charge is -2.22. The number of rotatable bonds is 10. The van der Waals surface area contributed by atoms with Crippen LogP contribution in [0.15, 0.2) is 23.3 Å². The maximum absolute atomic E-state index is 5.25. The second-order valence-electron chi connectivity index (χ2n) is 6.50. The molecule has 0 N–H and O–H groups in total. The lowest BCUT2D eigenvalue weighted by molar-refractivity contribution is -0.105. The summed E-state index contributed by atoms with van der Waals surface area (Å²) >= 11 is 0. The van der Waals surface area contributed by atoms with Gasteiger partial charge < -0.3 is 9.47 Å². The summed E-state index contributed by atoms with van der Waals surface area (Å²) in [6, 6.07) is 0. The normalized spacial score (nSPS) is 18.4. The van der Waals surface area contributed by atoms with Crippen molar-refractivity contribution in [1.82, 2.24) is 0 Å². The van der Waals surface area contributed by atoms with Gasteiger partial charge >= 0.3 is 0 Å². The molecule has 0 aromatic rings. The van der Waals surface area contributed by atoms with E-state index in [2.05, 4.69) is 32.9 Å². The van der Waals surface area contributed by atoms with Gasteiger partial charge in [-0.2, -0.15) is 0 Å². The zero-order chi connectivity index (χ0) is 15.7. The first-order valence-electron chi connectivity index (χ1n) is 8.54. The number of allylic oxidation sites excluding steroid dienone is 4. The maximum atomic E-state index is 5.25. The quantitative estimate of drug-likeness (QED) is 0.496. The molecule has 1 aliphatic rings. The SMILES string of the molecule is CCC(C)CCC(C)C1=CC=C(CCC(OC)OC)CC1. The van der Waals surface area contributed by atoms with Gasteiger partial charge in [-0.3, -0.25) is 0 Å². The van der Waals surface area contributed by atoms with Gasteiger partial charge in [0.15, 0.2) is 6.29 Å². The Morgan fingerprint density at radius 1 is 1.00 bits per heavy atom. The highest BCUT2D eigenvalue weighted by Gasteiger charge is 2.14. The Morgan fingerprint density at radius 3 is 2.24 bits per heavy atom. The van der Waals surface area contributed by atoms with Crippen LogP contribution in [0.4, 0.5) is 0 Å².